The van der Waals surface area contributed by atoms with Crippen LogP contribution in [-0.2, 0) is 26.1 Å². The van der Waals surface area contributed by atoms with E-state index in [2.05, 4.69) is 20.0 Å². The third kappa shape index (κ3) is 4.27. The summed E-state index contributed by atoms with van der Waals surface area (Å²) in [6.45, 7) is 0.821. The minimum absolute atomic E-state index is 0.132. The zero-order valence-corrected chi connectivity index (χ0v) is 19.4. The van der Waals surface area contributed by atoms with Crippen molar-refractivity contribution in [3.05, 3.63) is 78.8 Å². The first-order valence-electron chi connectivity index (χ1n) is 11.3. The molecule has 0 aliphatic carbocycles. The van der Waals surface area contributed by atoms with Gasteiger partial charge in [-0.25, -0.2) is 17.8 Å². The summed E-state index contributed by atoms with van der Waals surface area (Å²) in [5.41, 5.74) is 1.10. The molecule has 4 heterocycles. The van der Waals surface area contributed by atoms with E-state index in [1.54, 1.807) is 29.1 Å². The van der Waals surface area contributed by atoms with Crippen LogP contribution in [-0.4, -0.2) is 59.9 Å². The topological polar surface area (TPSA) is 117 Å². The molecule has 2 fully saturated rings. The molecule has 180 valence electrons. The van der Waals surface area contributed by atoms with Crippen LogP contribution in [0.3, 0.4) is 0 Å². The number of pyridine rings is 1. The Hall–Kier alpha value is -3.38. The lowest BCUT2D eigenvalue weighted by Crippen LogP contribution is -2.44. The van der Waals surface area contributed by atoms with Gasteiger partial charge in [0.1, 0.15) is 41.2 Å². The summed E-state index contributed by atoms with van der Waals surface area (Å²) in [6.07, 6.45) is 2.60. The van der Waals surface area contributed by atoms with Crippen LogP contribution >= 0.6 is 0 Å². The second-order valence-electron chi connectivity index (χ2n) is 8.51. The van der Waals surface area contributed by atoms with Gasteiger partial charge in [0.2, 0.25) is 10.0 Å². The fourth-order valence-electron chi connectivity index (χ4n) is 4.58. The molecule has 2 aromatic carbocycles. The molecule has 4 unspecified atom stereocenters. The molecule has 2 aromatic heterocycles. The summed E-state index contributed by atoms with van der Waals surface area (Å²) < 4.78 is 48.6. The number of sulfonamides is 1. The number of rotatable bonds is 7. The van der Waals surface area contributed by atoms with Crippen molar-refractivity contribution in [2.75, 3.05) is 13.2 Å². The number of hydrogen-bond acceptors (Lipinski definition) is 8. The Morgan fingerprint density at radius 3 is 2.71 bits per heavy atom. The quantitative estimate of drug-likeness (QED) is 0.416. The summed E-state index contributed by atoms with van der Waals surface area (Å²) in [7, 11) is -3.84. The number of ether oxygens (including phenoxy) is 3. The van der Waals surface area contributed by atoms with Crippen molar-refractivity contribution in [2.24, 2.45) is 0 Å². The van der Waals surface area contributed by atoms with E-state index in [9.17, 15) is 8.42 Å². The van der Waals surface area contributed by atoms with Crippen LogP contribution in [0.5, 0.6) is 5.75 Å². The Balaban J connectivity index is 1.14. The lowest BCUT2D eigenvalue weighted by Gasteiger charge is -2.18. The summed E-state index contributed by atoms with van der Waals surface area (Å²) >= 11 is 0. The number of para-hydroxylation sites is 2. The van der Waals surface area contributed by atoms with E-state index in [1.165, 1.54) is 0 Å². The van der Waals surface area contributed by atoms with Crippen LogP contribution in [0.2, 0.25) is 0 Å². The summed E-state index contributed by atoms with van der Waals surface area (Å²) in [5, 5.41) is 9.18. The number of aromatic nitrogens is 4. The third-order valence-electron chi connectivity index (χ3n) is 6.25. The van der Waals surface area contributed by atoms with Gasteiger partial charge in [0, 0.05) is 11.6 Å². The number of nitrogens with zero attached hydrogens (tertiary/aromatic N) is 4. The fourth-order valence-corrected chi connectivity index (χ4v) is 5.99. The Bertz CT molecular complexity index is 1440. The molecule has 0 bridgehead atoms. The van der Waals surface area contributed by atoms with E-state index in [4.69, 9.17) is 14.2 Å². The average Bonchev–Trinajstić information content (AvgIpc) is 3.61. The fraction of sp³-hybridized carbons (Fsp3) is 0.292. The molecular formula is C24H23N5O5S. The van der Waals surface area contributed by atoms with Crippen molar-refractivity contribution in [3.63, 3.8) is 0 Å². The Labute approximate surface area is 201 Å². The van der Waals surface area contributed by atoms with E-state index in [0.29, 0.717) is 17.8 Å². The van der Waals surface area contributed by atoms with Crippen molar-refractivity contribution in [2.45, 2.75) is 35.8 Å². The van der Waals surface area contributed by atoms with Crippen LogP contribution in [0.4, 0.5) is 0 Å². The minimum Gasteiger partial charge on any atom is -0.487 e. The van der Waals surface area contributed by atoms with Crippen LogP contribution in [0.25, 0.3) is 10.9 Å². The van der Waals surface area contributed by atoms with Gasteiger partial charge >= 0.3 is 0 Å². The maximum atomic E-state index is 13.2. The van der Waals surface area contributed by atoms with Gasteiger partial charge in [-0.15, -0.1) is 5.10 Å². The molecule has 0 saturated carbocycles. The first-order valence-corrected chi connectivity index (χ1v) is 12.7. The largest absolute Gasteiger partial charge is 0.487 e. The van der Waals surface area contributed by atoms with Crippen LogP contribution < -0.4 is 9.46 Å². The van der Waals surface area contributed by atoms with E-state index < -0.39 is 22.2 Å². The van der Waals surface area contributed by atoms with Gasteiger partial charge in [0.05, 0.1) is 31.0 Å². The molecule has 6 rings (SSSR count). The monoisotopic (exact) mass is 493 g/mol. The van der Waals surface area contributed by atoms with Crippen molar-refractivity contribution in [1.82, 2.24) is 24.7 Å². The zero-order chi connectivity index (χ0) is 23.8. The van der Waals surface area contributed by atoms with Crippen LogP contribution in [0.15, 0.2) is 78.0 Å². The van der Waals surface area contributed by atoms with Crippen molar-refractivity contribution in [3.8, 4) is 5.75 Å². The average molecular weight is 494 g/mol. The normalized spacial score (nSPS) is 24.0. The van der Waals surface area contributed by atoms with E-state index in [0.717, 1.165) is 11.1 Å². The first-order chi connectivity index (χ1) is 17.1. The molecule has 10 nitrogen and oxygen atoms in total. The lowest BCUT2D eigenvalue weighted by molar-refractivity contribution is 0.0624. The number of hydrogen-bond donors (Lipinski definition) is 1. The minimum atomic E-state index is -3.84. The maximum absolute atomic E-state index is 13.2. The predicted octanol–water partition coefficient (Wildman–Crippen LogP) is 2.09. The van der Waals surface area contributed by atoms with Gasteiger partial charge in [-0.1, -0.05) is 41.6 Å². The highest BCUT2D eigenvalue weighted by Crippen LogP contribution is 2.35. The molecule has 0 spiro atoms. The molecule has 1 N–H and O–H groups in total. The Morgan fingerprint density at radius 1 is 1.00 bits per heavy atom. The van der Waals surface area contributed by atoms with E-state index >= 15 is 0 Å². The summed E-state index contributed by atoms with van der Waals surface area (Å²) in [4.78, 5) is 4.40. The third-order valence-corrected chi connectivity index (χ3v) is 7.77. The van der Waals surface area contributed by atoms with Crippen LogP contribution in [0, 0.1) is 0 Å². The SMILES string of the molecule is O=S(=O)(NC1COC2C1OCC2n1cc(COc2ccccc2)nn1)c1cccc2cccnc12. The van der Waals surface area contributed by atoms with Gasteiger partial charge in [0.25, 0.3) is 0 Å². The number of nitrogens with one attached hydrogen (secondary N) is 1. The van der Waals surface area contributed by atoms with Gasteiger partial charge in [-0.05, 0) is 24.3 Å². The Morgan fingerprint density at radius 2 is 1.83 bits per heavy atom. The van der Waals surface area contributed by atoms with Gasteiger partial charge in [-0.3, -0.25) is 4.98 Å². The predicted molar refractivity (Wildman–Crippen MR) is 125 cm³/mol. The molecule has 0 radical (unpaired) electrons. The van der Waals surface area contributed by atoms with Gasteiger partial charge < -0.3 is 14.2 Å². The molecule has 2 saturated heterocycles. The summed E-state index contributed by atoms with van der Waals surface area (Å²) in [5.74, 6) is 0.752. The molecule has 2 aliphatic rings. The highest BCUT2D eigenvalue weighted by Gasteiger charge is 2.50. The Kier molecular flexibility index (Phi) is 5.69. The smallest absolute Gasteiger partial charge is 0.243 e. The molecule has 4 atom stereocenters. The van der Waals surface area contributed by atoms with Crippen molar-refractivity contribution in [1.29, 1.82) is 0 Å². The number of fused-ring (bicyclic) bond motifs is 2. The molecule has 4 aromatic rings. The lowest BCUT2D eigenvalue weighted by atomic mass is 10.1. The van der Waals surface area contributed by atoms with Crippen LogP contribution in [0.1, 0.15) is 11.7 Å². The number of benzene rings is 2. The molecular weight excluding hydrogens is 470 g/mol. The van der Waals surface area contributed by atoms with E-state index in [-0.39, 0.29) is 30.3 Å². The molecule has 35 heavy (non-hydrogen) atoms. The highest BCUT2D eigenvalue weighted by molar-refractivity contribution is 7.89. The van der Waals surface area contributed by atoms with E-state index in [1.807, 2.05) is 48.7 Å². The molecule has 2 aliphatic heterocycles. The maximum Gasteiger partial charge on any atom is 0.243 e. The molecule has 11 heteroatoms. The second-order valence-corrected chi connectivity index (χ2v) is 10.2. The molecule has 0 amide bonds. The first kappa shape index (κ1) is 22.1. The zero-order valence-electron chi connectivity index (χ0n) is 18.6. The van der Waals surface area contributed by atoms with Crippen molar-refractivity contribution >= 4 is 20.9 Å². The van der Waals surface area contributed by atoms with Gasteiger partial charge in [0.15, 0.2) is 0 Å². The second kappa shape index (κ2) is 9.00. The van der Waals surface area contributed by atoms with Crippen molar-refractivity contribution < 1.29 is 22.6 Å². The van der Waals surface area contributed by atoms with Gasteiger partial charge in [-0.2, -0.15) is 0 Å². The highest BCUT2D eigenvalue weighted by atomic mass is 32.2. The summed E-state index contributed by atoms with van der Waals surface area (Å²) in [6, 6.07) is 17.4. The standard InChI is InChI=1S/C24H23N5O5S/c30-35(31,21-10-4-6-16-7-5-11-25-22(16)21)27-19-14-33-24-20(15-34-23(19)24)29-12-17(26-28-29)13-32-18-8-2-1-3-9-18/h1-12,19-20,23-24,27H,13-15H2.